The molecule has 2 rings (SSSR count). The molecular weight excluding hydrogens is 347 g/mol. The van der Waals surface area contributed by atoms with Gasteiger partial charge in [-0.05, 0) is 49.2 Å². The maximum Gasteiger partial charge on any atom is 0.161 e. The van der Waals surface area contributed by atoms with Gasteiger partial charge >= 0.3 is 0 Å². The average Bonchev–Trinajstić information content (AvgIpc) is 2.69. The van der Waals surface area contributed by atoms with E-state index in [1.807, 2.05) is 25.1 Å². The smallest absolute Gasteiger partial charge is 0.161 e. The number of hydrogen-bond acceptors (Lipinski definition) is 5. The molecule has 5 nitrogen and oxygen atoms in total. The monoisotopic (exact) mass is 372 g/mol. The summed E-state index contributed by atoms with van der Waals surface area (Å²) in [6.07, 6.45) is 1.12. The van der Waals surface area contributed by atoms with E-state index in [0.717, 1.165) is 11.1 Å². The number of methoxy groups -OCH3 is 2. The Labute approximate surface area is 159 Å². The fraction of sp³-hybridized carbons (Fsp3) is 0.381. The predicted octanol–water partition coefficient (Wildman–Crippen LogP) is 4.38. The Kier molecular flexibility index (Phi) is 7.90. The molecule has 2 aromatic carbocycles. The first-order valence-electron chi connectivity index (χ1n) is 8.82. The van der Waals surface area contributed by atoms with Crippen molar-refractivity contribution in [3.63, 3.8) is 0 Å². The van der Waals surface area contributed by atoms with Crippen molar-refractivity contribution in [2.45, 2.75) is 32.4 Å². The number of unbranched alkanes of at least 4 members (excludes halogenated alkanes) is 1. The second kappa shape index (κ2) is 10.4. The van der Waals surface area contributed by atoms with Crippen LogP contribution in [0.25, 0.3) is 0 Å². The molecule has 0 aliphatic carbocycles. The summed E-state index contributed by atoms with van der Waals surface area (Å²) in [5.74, 6) is 1.64. The van der Waals surface area contributed by atoms with E-state index in [0.29, 0.717) is 43.2 Å². The third-order valence-electron chi connectivity index (χ3n) is 4.19. The van der Waals surface area contributed by atoms with E-state index >= 15 is 0 Å². The highest BCUT2D eigenvalue weighted by Gasteiger charge is 2.13. The molecule has 0 spiro atoms. The zero-order chi connectivity index (χ0) is 19.6. The Morgan fingerprint density at radius 2 is 1.81 bits per heavy atom. The summed E-state index contributed by atoms with van der Waals surface area (Å²) in [5, 5.41) is 12.0. The highest BCUT2D eigenvalue weighted by atomic mass is 19.1. The number of nitrogens with zero attached hydrogens (tertiary/aromatic N) is 1. The molecule has 6 heteroatoms. The van der Waals surface area contributed by atoms with Gasteiger partial charge in [0, 0.05) is 24.6 Å². The van der Waals surface area contributed by atoms with Gasteiger partial charge in [-0.15, -0.1) is 0 Å². The third kappa shape index (κ3) is 5.87. The number of hydrogen-bond donors (Lipinski definition) is 1. The van der Waals surface area contributed by atoms with Crippen LogP contribution in [0.3, 0.4) is 0 Å². The highest BCUT2D eigenvalue weighted by molar-refractivity contribution is 5.43. The number of nitrogens with one attached hydrogen (secondary N) is 1. The predicted molar refractivity (Wildman–Crippen MR) is 102 cm³/mol. The zero-order valence-corrected chi connectivity index (χ0v) is 15.9. The number of benzene rings is 2. The summed E-state index contributed by atoms with van der Waals surface area (Å²) in [5.41, 5.74) is 1.77. The third-order valence-corrected chi connectivity index (χ3v) is 4.19. The van der Waals surface area contributed by atoms with Crippen molar-refractivity contribution in [2.75, 3.05) is 20.8 Å². The zero-order valence-electron chi connectivity index (χ0n) is 15.9. The maximum atomic E-state index is 13.6. The molecule has 1 unspecified atom stereocenters. The molecule has 0 saturated carbocycles. The second-order valence-electron chi connectivity index (χ2n) is 6.08. The van der Waals surface area contributed by atoms with Gasteiger partial charge in [-0.25, -0.2) is 4.39 Å². The SMILES string of the molecule is COc1ccc(CNC(C)c2cc(F)ccc2OC)cc1OCCCC#N. The molecule has 0 bridgehead atoms. The quantitative estimate of drug-likeness (QED) is 0.627. The average molecular weight is 372 g/mol. The molecule has 1 atom stereocenters. The Balaban J connectivity index is 2.04. The molecule has 0 amide bonds. The van der Waals surface area contributed by atoms with Crippen LogP contribution in [0.1, 0.15) is 36.9 Å². The van der Waals surface area contributed by atoms with Crippen molar-refractivity contribution in [3.05, 3.63) is 53.3 Å². The lowest BCUT2D eigenvalue weighted by Gasteiger charge is -2.18. The van der Waals surface area contributed by atoms with Gasteiger partial charge in [-0.3, -0.25) is 0 Å². The van der Waals surface area contributed by atoms with E-state index in [-0.39, 0.29) is 11.9 Å². The van der Waals surface area contributed by atoms with E-state index in [9.17, 15) is 4.39 Å². The Morgan fingerprint density at radius 3 is 2.52 bits per heavy atom. The Morgan fingerprint density at radius 1 is 1.07 bits per heavy atom. The van der Waals surface area contributed by atoms with Gasteiger partial charge in [0.15, 0.2) is 11.5 Å². The topological polar surface area (TPSA) is 63.5 Å². The van der Waals surface area contributed by atoms with Crippen LogP contribution in [-0.4, -0.2) is 20.8 Å². The lowest BCUT2D eigenvalue weighted by Crippen LogP contribution is -2.19. The molecule has 0 aliphatic heterocycles. The molecule has 0 heterocycles. The van der Waals surface area contributed by atoms with Gasteiger partial charge in [-0.2, -0.15) is 5.26 Å². The van der Waals surface area contributed by atoms with Crippen LogP contribution in [-0.2, 0) is 6.54 Å². The standard InChI is InChI=1S/C21H25FN2O3/c1-15(18-13-17(22)7-9-19(18)25-2)24-14-16-6-8-20(26-3)21(12-16)27-11-5-4-10-23/h6-9,12-13,15,24H,4-5,11,14H2,1-3H3. The van der Waals surface area contributed by atoms with E-state index in [1.54, 1.807) is 20.3 Å². The summed E-state index contributed by atoms with van der Waals surface area (Å²) in [4.78, 5) is 0. The number of rotatable bonds is 10. The summed E-state index contributed by atoms with van der Waals surface area (Å²) >= 11 is 0. The first kappa shape index (κ1) is 20.5. The summed E-state index contributed by atoms with van der Waals surface area (Å²) in [6, 6.07) is 12.2. The number of halogens is 1. The number of ether oxygens (including phenoxy) is 3. The lowest BCUT2D eigenvalue weighted by atomic mass is 10.1. The van der Waals surface area contributed by atoms with Crippen LogP contribution in [0.15, 0.2) is 36.4 Å². The van der Waals surface area contributed by atoms with Crippen molar-refractivity contribution in [1.82, 2.24) is 5.32 Å². The van der Waals surface area contributed by atoms with Crippen molar-refractivity contribution < 1.29 is 18.6 Å². The van der Waals surface area contributed by atoms with Crippen molar-refractivity contribution in [1.29, 1.82) is 5.26 Å². The minimum atomic E-state index is -0.294. The van der Waals surface area contributed by atoms with E-state index in [1.165, 1.54) is 12.1 Å². The van der Waals surface area contributed by atoms with E-state index in [2.05, 4.69) is 11.4 Å². The van der Waals surface area contributed by atoms with Gasteiger partial charge in [0.05, 0.1) is 26.9 Å². The first-order chi connectivity index (χ1) is 13.1. The summed E-state index contributed by atoms with van der Waals surface area (Å²) in [6.45, 7) is 2.98. The fourth-order valence-electron chi connectivity index (χ4n) is 2.70. The van der Waals surface area contributed by atoms with Gasteiger partial charge in [0.25, 0.3) is 0 Å². The largest absolute Gasteiger partial charge is 0.496 e. The fourth-order valence-corrected chi connectivity index (χ4v) is 2.70. The maximum absolute atomic E-state index is 13.6. The molecule has 1 N–H and O–H groups in total. The van der Waals surface area contributed by atoms with Gasteiger partial charge in [0.1, 0.15) is 11.6 Å². The van der Waals surface area contributed by atoms with E-state index in [4.69, 9.17) is 19.5 Å². The first-order valence-corrected chi connectivity index (χ1v) is 8.82. The molecule has 27 heavy (non-hydrogen) atoms. The lowest BCUT2D eigenvalue weighted by molar-refractivity contribution is 0.290. The number of nitriles is 1. The van der Waals surface area contributed by atoms with Crippen LogP contribution in [0.2, 0.25) is 0 Å². The second-order valence-corrected chi connectivity index (χ2v) is 6.08. The summed E-state index contributed by atoms with van der Waals surface area (Å²) < 4.78 is 30.0. The molecule has 0 aliphatic rings. The Hall–Kier alpha value is -2.78. The van der Waals surface area contributed by atoms with Crippen LogP contribution in [0.5, 0.6) is 17.2 Å². The van der Waals surface area contributed by atoms with Crippen molar-refractivity contribution in [2.24, 2.45) is 0 Å². The van der Waals surface area contributed by atoms with Gasteiger partial charge in [-0.1, -0.05) is 6.07 Å². The van der Waals surface area contributed by atoms with E-state index < -0.39 is 0 Å². The molecular formula is C21H25FN2O3. The molecule has 2 aromatic rings. The van der Waals surface area contributed by atoms with Crippen molar-refractivity contribution in [3.8, 4) is 23.3 Å². The minimum absolute atomic E-state index is 0.0993. The van der Waals surface area contributed by atoms with Gasteiger partial charge < -0.3 is 19.5 Å². The van der Waals surface area contributed by atoms with Crippen LogP contribution < -0.4 is 19.5 Å². The normalized spacial score (nSPS) is 11.5. The van der Waals surface area contributed by atoms with Crippen LogP contribution >= 0.6 is 0 Å². The van der Waals surface area contributed by atoms with Gasteiger partial charge in [0.2, 0.25) is 0 Å². The molecule has 0 fully saturated rings. The Bertz CT molecular complexity index is 789. The summed E-state index contributed by atoms with van der Waals surface area (Å²) in [7, 11) is 3.16. The molecule has 144 valence electrons. The van der Waals surface area contributed by atoms with Crippen LogP contribution in [0, 0.1) is 17.1 Å². The minimum Gasteiger partial charge on any atom is -0.496 e. The molecule has 0 aromatic heterocycles. The molecule has 0 radical (unpaired) electrons. The highest BCUT2D eigenvalue weighted by Crippen LogP contribution is 2.29. The van der Waals surface area contributed by atoms with Crippen LogP contribution in [0.4, 0.5) is 4.39 Å². The van der Waals surface area contributed by atoms with Crippen molar-refractivity contribution >= 4 is 0 Å². The molecule has 0 saturated heterocycles.